The molecule has 2 nitrogen and oxygen atoms in total. The summed E-state index contributed by atoms with van der Waals surface area (Å²) in [7, 11) is 1.75. The Kier molecular flexibility index (Phi) is 3.20. The minimum Gasteiger partial charge on any atom is -0.496 e. The van der Waals surface area contributed by atoms with Gasteiger partial charge in [0, 0.05) is 17.5 Å². The van der Waals surface area contributed by atoms with Crippen LogP contribution in [-0.4, -0.2) is 13.7 Å². The molecule has 2 rings (SSSR count). The van der Waals surface area contributed by atoms with Crippen molar-refractivity contribution >= 4 is 0 Å². The van der Waals surface area contributed by atoms with Crippen LogP contribution in [0.1, 0.15) is 36.8 Å². The van der Waals surface area contributed by atoms with Gasteiger partial charge in [0.15, 0.2) is 0 Å². The van der Waals surface area contributed by atoms with Crippen LogP contribution in [0.15, 0.2) is 18.2 Å². The van der Waals surface area contributed by atoms with Gasteiger partial charge >= 0.3 is 0 Å². The fourth-order valence-corrected chi connectivity index (χ4v) is 2.87. The molecule has 0 bridgehead atoms. The van der Waals surface area contributed by atoms with E-state index in [-0.39, 0.29) is 5.41 Å². The molecule has 0 amide bonds. The van der Waals surface area contributed by atoms with Gasteiger partial charge in [-0.3, -0.25) is 0 Å². The van der Waals surface area contributed by atoms with E-state index in [1.54, 1.807) is 7.11 Å². The first-order valence-electron chi connectivity index (χ1n) is 6.07. The molecule has 1 aliphatic carbocycles. The molecule has 0 spiro atoms. The number of nitrogens with two attached hydrogens (primary N) is 1. The van der Waals surface area contributed by atoms with Gasteiger partial charge in [0.2, 0.25) is 0 Å². The maximum Gasteiger partial charge on any atom is 0.122 e. The van der Waals surface area contributed by atoms with E-state index < -0.39 is 0 Å². The lowest BCUT2D eigenvalue weighted by molar-refractivity contribution is 0.377. The van der Waals surface area contributed by atoms with Gasteiger partial charge in [-0.25, -0.2) is 0 Å². The summed E-state index contributed by atoms with van der Waals surface area (Å²) in [5, 5.41) is 0. The van der Waals surface area contributed by atoms with Gasteiger partial charge in [-0.05, 0) is 31.4 Å². The molecule has 0 unspecified atom stereocenters. The standard InChI is InChI=1S/C14H21NO/c1-11-5-6-12(13(9-11)16-2)14(10-15)7-3-4-8-14/h5-6,9H,3-4,7-8,10,15H2,1-2H3. The van der Waals surface area contributed by atoms with Crippen LogP contribution in [0, 0.1) is 6.92 Å². The van der Waals surface area contributed by atoms with Crippen molar-refractivity contribution in [3.63, 3.8) is 0 Å². The zero-order valence-corrected chi connectivity index (χ0v) is 10.3. The Hall–Kier alpha value is -1.02. The second-order valence-corrected chi connectivity index (χ2v) is 4.90. The van der Waals surface area contributed by atoms with E-state index in [0.29, 0.717) is 0 Å². The predicted octanol–water partition coefficient (Wildman–Crippen LogP) is 2.77. The summed E-state index contributed by atoms with van der Waals surface area (Å²) in [6.45, 7) is 2.82. The second kappa shape index (κ2) is 4.46. The smallest absolute Gasteiger partial charge is 0.122 e. The average Bonchev–Trinajstić information content (AvgIpc) is 2.78. The van der Waals surface area contributed by atoms with Gasteiger partial charge in [0.05, 0.1) is 7.11 Å². The van der Waals surface area contributed by atoms with Gasteiger partial charge in [-0.15, -0.1) is 0 Å². The molecule has 0 aliphatic heterocycles. The molecule has 1 fully saturated rings. The quantitative estimate of drug-likeness (QED) is 0.848. The summed E-state index contributed by atoms with van der Waals surface area (Å²) in [5.41, 5.74) is 8.72. The number of benzene rings is 1. The first-order valence-corrected chi connectivity index (χ1v) is 6.07. The summed E-state index contributed by atoms with van der Waals surface area (Å²) < 4.78 is 5.51. The fourth-order valence-electron chi connectivity index (χ4n) is 2.87. The highest BCUT2D eigenvalue weighted by Crippen LogP contribution is 2.44. The Labute approximate surface area is 97.8 Å². The molecule has 16 heavy (non-hydrogen) atoms. The zero-order chi connectivity index (χ0) is 11.6. The highest BCUT2D eigenvalue weighted by molar-refractivity contribution is 5.43. The first-order chi connectivity index (χ1) is 7.72. The van der Waals surface area contributed by atoms with Crippen molar-refractivity contribution in [1.29, 1.82) is 0 Å². The van der Waals surface area contributed by atoms with Crippen molar-refractivity contribution in [3.8, 4) is 5.75 Å². The van der Waals surface area contributed by atoms with E-state index in [2.05, 4.69) is 25.1 Å². The molecule has 2 heteroatoms. The summed E-state index contributed by atoms with van der Waals surface area (Å²) in [4.78, 5) is 0. The van der Waals surface area contributed by atoms with Crippen molar-refractivity contribution < 1.29 is 4.74 Å². The van der Waals surface area contributed by atoms with Crippen molar-refractivity contribution in [2.75, 3.05) is 13.7 Å². The monoisotopic (exact) mass is 219 g/mol. The Morgan fingerprint density at radius 3 is 2.56 bits per heavy atom. The van der Waals surface area contributed by atoms with Crippen LogP contribution >= 0.6 is 0 Å². The maximum atomic E-state index is 6.01. The number of rotatable bonds is 3. The highest BCUT2D eigenvalue weighted by atomic mass is 16.5. The molecule has 88 valence electrons. The summed E-state index contributed by atoms with van der Waals surface area (Å²) in [5.74, 6) is 1.01. The highest BCUT2D eigenvalue weighted by Gasteiger charge is 2.36. The van der Waals surface area contributed by atoms with Crippen molar-refractivity contribution in [2.24, 2.45) is 5.73 Å². The van der Waals surface area contributed by atoms with Gasteiger partial charge in [0.25, 0.3) is 0 Å². The van der Waals surface area contributed by atoms with Gasteiger partial charge in [-0.1, -0.05) is 25.0 Å². The normalized spacial score (nSPS) is 18.7. The number of methoxy groups -OCH3 is 1. The van der Waals surface area contributed by atoms with Crippen LogP contribution in [0.2, 0.25) is 0 Å². The minimum absolute atomic E-state index is 0.166. The molecular formula is C14H21NO. The van der Waals surface area contributed by atoms with Crippen molar-refractivity contribution in [3.05, 3.63) is 29.3 Å². The number of hydrogen-bond acceptors (Lipinski definition) is 2. The second-order valence-electron chi connectivity index (χ2n) is 4.90. The maximum absolute atomic E-state index is 6.01. The lowest BCUT2D eigenvalue weighted by atomic mass is 9.78. The van der Waals surface area contributed by atoms with E-state index in [4.69, 9.17) is 10.5 Å². The fraction of sp³-hybridized carbons (Fsp3) is 0.571. The minimum atomic E-state index is 0.166. The molecule has 1 aliphatic rings. The Bertz CT molecular complexity index is 367. The van der Waals surface area contributed by atoms with Gasteiger partial charge < -0.3 is 10.5 Å². The number of aryl methyl sites for hydroxylation is 1. The molecule has 0 heterocycles. The Morgan fingerprint density at radius 1 is 1.31 bits per heavy atom. The molecular weight excluding hydrogens is 198 g/mol. The predicted molar refractivity (Wildman–Crippen MR) is 66.9 cm³/mol. The average molecular weight is 219 g/mol. The molecule has 1 aromatic carbocycles. The molecule has 0 aromatic heterocycles. The zero-order valence-electron chi connectivity index (χ0n) is 10.3. The number of hydrogen-bond donors (Lipinski definition) is 1. The van der Waals surface area contributed by atoms with E-state index in [9.17, 15) is 0 Å². The van der Waals surface area contributed by atoms with Crippen LogP contribution in [0.5, 0.6) is 5.75 Å². The van der Waals surface area contributed by atoms with E-state index in [0.717, 1.165) is 12.3 Å². The van der Waals surface area contributed by atoms with Crippen LogP contribution in [0.4, 0.5) is 0 Å². The van der Waals surface area contributed by atoms with E-state index in [1.807, 2.05) is 0 Å². The van der Waals surface area contributed by atoms with E-state index >= 15 is 0 Å². The Morgan fingerprint density at radius 2 is 2.00 bits per heavy atom. The van der Waals surface area contributed by atoms with Crippen molar-refractivity contribution in [1.82, 2.24) is 0 Å². The molecule has 0 saturated heterocycles. The van der Waals surface area contributed by atoms with Crippen LogP contribution in [0.3, 0.4) is 0 Å². The molecule has 0 radical (unpaired) electrons. The van der Waals surface area contributed by atoms with Gasteiger partial charge in [0.1, 0.15) is 5.75 Å². The van der Waals surface area contributed by atoms with Crippen LogP contribution < -0.4 is 10.5 Å². The molecule has 1 aromatic rings. The third-order valence-corrected chi connectivity index (χ3v) is 3.88. The SMILES string of the molecule is COc1cc(C)ccc1C1(CN)CCCC1. The van der Waals surface area contributed by atoms with Crippen molar-refractivity contribution in [2.45, 2.75) is 38.0 Å². The lowest BCUT2D eigenvalue weighted by Gasteiger charge is -2.29. The number of ether oxygens (including phenoxy) is 1. The molecule has 0 atom stereocenters. The summed E-state index contributed by atoms with van der Waals surface area (Å²) in [6, 6.07) is 6.48. The lowest BCUT2D eigenvalue weighted by Crippen LogP contribution is -2.32. The third-order valence-electron chi connectivity index (χ3n) is 3.88. The van der Waals surface area contributed by atoms with Crippen LogP contribution in [-0.2, 0) is 5.41 Å². The molecule has 1 saturated carbocycles. The largest absolute Gasteiger partial charge is 0.496 e. The summed E-state index contributed by atoms with van der Waals surface area (Å²) in [6.07, 6.45) is 4.97. The first kappa shape index (κ1) is 11.5. The van der Waals surface area contributed by atoms with Gasteiger partial charge in [-0.2, -0.15) is 0 Å². The summed E-state index contributed by atoms with van der Waals surface area (Å²) >= 11 is 0. The third kappa shape index (κ3) is 1.82. The molecule has 2 N–H and O–H groups in total. The van der Waals surface area contributed by atoms with E-state index in [1.165, 1.54) is 36.8 Å². The Balaban J connectivity index is 2.45. The topological polar surface area (TPSA) is 35.2 Å². The van der Waals surface area contributed by atoms with Crippen LogP contribution in [0.25, 0.3) is 0 Å².